The minimum absolute atomic E-state index is 0.0170. The molecule has 6 heteroatoms. The molecule has 2 unspecified atom stereocenters. The lowest BCUT2D eigenvalue weighted by atomic mass is 9.93. The van der Waals surface area contributed by atoms with Crippen LogP contribution >= 0.6 is 0 Å². The first-order valence-corrected chi connectivity index (χ1v) is 7.65. The van der Waals surface area contributed by atoms with Crippen molar-refractivity contribution in [3.05, 3.63) is 0 Å². The van der Waals surface area contributed by atoms with Crippen LogP contribution in [0.3, 0.4) is 0 Å². The number of piperidine rings is 1. The van der Waals surface area contributed by atoms with Crippen LogP contribution in [0.5, 0.6) is 0 Å². The molecule has 0 radical (unpaired) electrons. The second-order valence-corrected chi connectivity index (χ2v) is 5.86. The Morgan fingerprint density at radius 3 is 2.80 bits per heavy atom. The van der Waals surface area contributed by atoms with Gasteiger partial charge in [-0.05, 0) is 38.6 Å². The number of nitrogens with one attached hydrogen (secondary N) is 2. The Bertz CT molecular complexity index is 429. The second-order valence-electron chi connectivity index (χ2n) is 5.86. The molecule has 0 aromatic carbocycles. The van der Waals surface area contributed by atoms with E-state index in [1.54, 1.807) is 0 Å². The maximum Gasteiger partial charge on any atom is 0.270 e. The zero-order valence-corrected chi connectivity index (χ0v) is 11.7. The third-order valence-corrected chi connectivity index (χ3v) is 4.52. The zero-order chi connectivity index (χ0) is 13.9. The van der Waals surface area contributed by atoms with E-state index in [1.165, 1.54) is 12.8 Å². The molecule has 3 rings (SSSR count). The summed E-state index contributed by atoms with van der Waals surface area (Å²) in [5.41, 5.74) is 2.93. The van der Waals surface area contributed by atoms with Crippen molar-refractivity contribution in [1.29, 1.82) is 0 Å². The molecule has 0 aromatic heterocycles. The summed E-state index contributed by atoms with van der Waals surface area (Å²) in [6, 6.07) is 0.720. The maximum absolute atomic E-state index is 12.6. The van der Waals surface area contributed by atoms with Gasteiger partial charge in [0.05, 0.1) is 0 Å². The first-order valence-electron chi connectivity index (χ1n) is 7.65. The Kier molecular flexibility index (Phi) is 4.00. The highest BCUT2D eigenvalue weighted by Crippen LogP contribution is 2.25. The number of rotatable bonds is 2. The fourth-order valence-electron chi connectivity index (χ4n) is 3.46. The lowest BCUT2D eigenvalue weighted by Crippen LogP contribution is -2.54. The van der Waals surface area contributed by atoms with Crippen molar-refractivity contribution in [2.45, 2.75) is 57.0 Å². The van der Waals surface area contributed by atoms with Gasteiger partial charge < -0.3 is 10.2 Å². The summed E-state index contributed by atoms with van der Waals surface area (Å²) in [5.74, 6) is -0.0856. The van der Waals surface area contributed by atoms with Crippen LogP contribution < -0.4 is 10.7 Å². The predicted octanol–water partition coefficient (Wildman–Crippen LogP) is 0.386. The van der Waals surface area contributed by atoms with Gasteiger partial charge in [0.2, 0.25) is 5.91 Å². The van der Waals surface area contributed by atoms with Crippen molar-refractivity contribution >= 4 is 17.5 Å². The van der Waals surface area contributed by atoms with Crippen molar-refractivity contribution in [3.63, 3.8) is 0 Å². The molecule has 2 N–H and O–H groups in total. The van der Waals surface area contributed by atoms with Crippen LogP contribution in [0.1, 0.15) is 44.9 Å². The standard InChI is InChI=1S/C14H22N4O2/c19-13-7-6-11(16-17-13)14(20)18-9-2-1-5-12(18)10-4-3-8-15-10/h10,12,15H,1-9H2,(H,17,19). The molecule has 6 nitrogen and oxygen atoms in total. The van der Waals surface area contributed by atoms with Gasteiger partial charge in [0.25, 0.3) is 5.91 Å². The van der Waals surface area contributed by atoms with Crippen LogP contribution in [0.4, 0.5) is 0 Å². The summed E-state index contributed by atoms with van der Waals surface area (Å²) in [6.45, 7) is 1.87. The van der Waals surface area contributed by atoms with Crippen LogP contribution in [0.25, 0.3) is 0 Å². The molecule has 3 aliphatic heterocycles. The van der Waals surface area contributed by atoms with Gasteiger partial charge in [0.1, 0.15) is 5.71 Å². The molecule has 110 valence electrons. The van der Waals surface area contributed by atoms with E-state index < -0.39 is 0 Å². The fourth-order valence-corrected chi connectivity index (χ4v) is 3.46. The van der Waals surface area contributed by atoms with Crippen LogP contribution in [0.2, 0.25) is 0 Å². The molecule has 3 heterocycles. The van der Waals surface area contributed by atoms with E-state index in [2.05, 4.69) is 15.8 Å². The highest BCUT2D eigenvalue weighted by atomic mass is 16.2. The second kappa shape index (κ2) is 5.91. The van der Waals surface area contributed by atoms with Gasteiger partial charge in [-0.25, -0.2) is 5.43 Å². The molecule has 0 aliphatic carbocycles. The first-order chi connectivity index (χ1) is 9.75. The summed E-state index contributed by atoms with van der Waals surface area (Å²) in [4.78, 5) is 25.8. The monoisotopic (exact) mass is 278 g/mol. The number of hydrogen-bond donors (Lipinski definition) is 2. The van der Waals surface area contributed by atoms with E-state index in [0.29, 0.717) is 30.6 Å². The Morgan fingerprint density at radius 2 is 2.10 bits per heavy atom. The van der Waals surface area contributed by atoms with E-state index in [0.717, 1.165) is 32.4 Å². The summed E-state index contributed by atoms with van der Waals surface area (Å²) < 4.78 is 0. The minimum Gasteiger partial charge on any atom is -0.333 e. The third-order valence-electron chi connectivity index (χ3n) is 4.52. The summed E-state index contributed by atoms with van der Waals surface area (Å²) >= 11 is 0. The van der Waals surface area contributed by atoms with Gasteiger partial charge in [-0.15, -0.1) is 0 Å². The molecule has 2 amide bonds. The maximum atomic E-state index is 12.6. The average molecular weight is 278 g/mol. The summed E-state index contributed by atoms with van der Waals surface area (Å²) in [5, 5.41) is 7.47. The van der Waals surface area contributed by atoms with Gasteiger partial charge in [0, 0.05) is 31.5 Å². The van der Waals surface area contributed by atoms with E-state index in [4.69, 9.17) is 0 Å². The number of nitrogens with zero attached hydrogens (tertiary/aromatic N) is 2. The molecule has 0 saturated carbocycles. The van der Waals surface area contributed by atoms with Crippen molar-refractivity contribution in [2.24, 2.45) is 5.10 Å². The Morgan fingerprint density at radius 1 is 1.20 bits per heavy atom. The lowest BCUT2D eigenvalue weighted by Gasteiger charge is -2.39. The minimum atomic E-state index is -0.103. The smallest absolute Gasteiger partial charge is 0.270 e. The van der Waals surface area contributed by atoms with Crippen molar-refractivity contribution in [3.8, 4) is 0 Å². The molecule has 2 fully saturated rings. The highest BCUT2D eigenvalue weighted by Gasteiger charge is 2.36. The molecule has 20 heavy (non-hydrogen) atoms. The molecule has 0 bridgehead atoms. The van der Waals surface area contributed by atoms with Gasteiger partial charge in [-0.2, -0.15) is 5.10 Å². The molecule has 0 spiro atoms. The van der Waals surface area contributed by atoms with E-state index in [9.17, 15) is 9.59 Å². The summed E-state index contributed by atoms with van der Waals surface area (Å²) in [7, 11) is 0. The number of hydrogen-bond acceptors (Lipinski definition) is 4. The van der Waals surface area contributed by atoms with Gasteiger partial charge in [-0.1, -0.05) is 0 Å². The molecule has 2 atom stereocenters. The van der Waals surface area contributed by atoms with Crippen LogP contribution in [-0.2, 0) is 9.59 Å². The lowest BCUT2D eigenvalue weighted by molar-refractivity contribution is -0.128. The van der Waals surface area contributed by atoms with Gasteiger partial charge in [-0.3, -0.25) is 9.59 Å². The largest absolute Gasteiger partial charge is 0.333 e. The summed E-state index contributed by atoms with van der Waals surface area (Å²) in [6.07, 6.45) is 6.50. The molecular formula is C14H22N4O2. The number of hydrazone groups is 1. The van der Waals surface area contributed by atoms with Crippen LogP contribution in [-0.4, -0.2) is 47.6 Å². The first kappa shape index (κ1) is 13.5. The third kappa shape index (κ3) is 2.70. The highest BCUT2D eigenvalue weighted by molar-refractivity contribution is 6.39. The quantitative estimate of drug-likeness (QED) is 0.767. The van der Waals surface area contributed by atoms with E-state index >= 15 is 0 Å². The van der Waals surface area contributed by atoms with Gasteiger partial charge in [0.15, 0.2) is 0 Å². The van der Waals surface area contributed by atoms with E-state index in [1.807, 2.05) is 4.90 Å². The average Bonchev–Trinajstić information content (AvgIpc) is 3.01. The molecular weight excluding hydrogens is 256 g/mol. The topological polar surface area (TPSA) is 73.8 Å². The van der Waals surface area contributed by atoms with Crippen molar-refractivity contribution in [1.82, 2.24) is 15.6 Å². The number of carbonyl (C=O) groups excluding carboxylic acids is 2. The van der Waals surface area contributed by atoms with Gasteiger partial charge >= 0.3 is 0 Å². The van der Waals surface area contributed by atoms with Crippen LogP contribution in [0, 0.1) is 0 Å². The SMILES string of the molecule is O=C1CCC(C(=O)N2CCCCC2C2CCCN2)=NN1. The normalized spacial score (nSPS) is 30.9. The molecule has 0 aromatic rings. The Labute approximate surface area is 119 Å². The van der Waals surface area contributed by atoms with Crippen molar-refractivity contribution in [2.75, 3.05) is 13.1 Å². The van der Waals surface area contributed by atoms with Crippen LogP contribution in [0.15, 0.2) is 5.10 Å². The predicted molar refractivity (Wildman–Crippen MR) is 75.2 cm³/mol. The fraction of sp³-hybridized carbons (Fsp3) is 0.786. The number of carbonyl (C=O) groups is 2. The van der Waals surface area contributed by atoms with E-state index in [-0.39, 0.29) is 11.8 Å². The molecule has 3 aliphatic rings. The zero-order valence-electron chi connectivity index (χ0n) is 11.7. The number of likely N-dealkylation sites (tertiary alicyclic amines) is 1. The molecule has 2 saturated heterocycles. The Balaban J connectivity index is 1.72. The van der Waals surface area contributed by atoms with Crippen molar-refractivity contribution < 1.29 is 9.59 Å². The Hall–Kier alpha value is -1.43. The number of amides is 2.